The minimum atomic E-state index is 0.590. The second-order valence-electron chi connectivity index (χ2n) is 4.76. The molecule has 0 fully saturated rings. The summed E-state index contributed by atoms with van der Waals surface area (Å²) in [6.07, 6.45) is 0. The van der Waals surface area contributed by atoms with Crippen molar-refractivity contribution in [1.82, 2.24) is 10.3 Å². The first-order valence-corrected chi connectivity index (χ1v) is 7.31. The Morgan fingerprint density at radius 1 is 1.44 bits per heavy atom. The van der Waals surface area contributed by atoms with E-state index in [-0.39, 0.29) is 0 Å². The van der Waals surface area contributed by atoms with Gasteiger partial charge in [-0.1, -0.05) is 13.8 Å². The number of rotatable bonds is 8. The number of anilines is 1. The van der Waals surface area contributed by atoms with Gasteiger partial charge in [-0.05, 0) is 19.9 Å². The van der Waals surface area contributed by atoms with Gasteiger partial charge >= 0.3 is 0 Å². The van der Waals surface area contributed by atoms with Crippen LogP contribution in [-0.2, 0) is 17.9 Å². The summed E-state index contributed by atoms with van der Waals surface area (Å²) < 4.78 is 5.22. The van der Waals surface area contributed by atoms with Gasteiger partial charge in [0.2, 0.25) is 0 Å². The number of thiazole rings is 1. The van der Waals surface area contributed by atoms with Gasteiger partial charge in [-0.3, -0.25) is 0 Å². The molecule has 0 aliphatic carbocycles. The zero-order valence-electron chi connectivity index (χ0n) is 12.1. The van der Waals surface area contributed by atoms with Crippen LogP contribution in [0.15, 0.2) is 0 Å². The fraction of sp³-hybridized carbons (Fsp3) is 0.769. The molecule has 5 heteroatoms. The largest absolute Gasteiger partial charge is 0.378 e. The highest BCUT2D eigenvalue weighted by molar-refractivity contribution is 7.15. The fourth-order valence-corrected chi connectivity index (χ4v) is 2.98. The van der Waals surface area contributed by atoms with E-state index in [2.05, 4.69) is 31.0 Å². The lowest BCUT2D eigenvalue weighted by atomic mass is 10.2. The lowest BCUT2D eigenvalue weighted by Crippen LogP contribution is -2.27. The number of hydrogen-bond acceptors (Lipinski definition) is 5. The predicted octanol–water partition coefficient (Wildman–Crippen LogP) is 2.49. The highest BCUT2D eigenvalue weighted by atomic mass is 32.1. The van der Waals surface area contributed by atoms with Crippen LogP contribution in [-0.4, -0.2) is 32.2 Å². The molecule has 1 aromatic heterocycles. The van der Waals surface area contributed by atoms with Gasteiger partial charge in [0, 0.05) is 31.6 Å². The molecular formula is C13H25N3OS. The average molecular weight is 271 g/mol. The molecule has 0 spiro atoms. The summed E-state index contributed by atoms with van der Waals surface area (Å²) in [4.78, 5) is 8.34. The highest BCUT2D eigenvalue weighted by Crippen LogP contribution is 2.27. The first-order valence-electron chi connectivity index (χ1n) is 6.49. The molecule has 1 rings (SSSR count). The van der Waals surface area contributed by atoms with Crippen molar-refractivity contribution in [3.8, 4) is 0 Å². The maximum atomic E-state index is 5.22. The Labute approximate surface area is 114 Å². The van der Waals surface area contributed by atoms with Gasteiger partial charge in [0.25, 0.3) is 0 Å². The van der Waals surface area contributed by atoms with E-state index in [9.17, 15) is 0 Å². The van der Waals surface area contributed by atoms with Gasteiger partial charge in [0.05, 0.1) is 12.3 Å². The van der Waals surface area contributed by atoms with E-state index in [1.807, 2.05) is 7.05 Å². The Hall–Kier alpha value is -0.650. The zero-order chi connectivity index (χ0) is 13.5. The van der Waals surface area contributed by atoms with Crippen molar-refractivity contribution in [1.29, 1.82) is 0 Å². The third-order valence-corrected chi connectivity index (χ3v) is 3.78. The molecule has 104 valence electrons. The van der Waals surface area contributed by atoms with Gasteiger partial charge in [0.15, 0.2) is 5.13 Å². The molecular weight excluding hydrogens is 246 g/mol. The number of aromatic nitrogens is 1. The number of nitrogens with one attached hydrogen (secondary N) is 1. The molecule has 0 amide bonds. The number of hydrogen-bond donors (Lipinski definition) is 1. The molecule has 0 saturated carbocycles. The van der Waals surface area contributed by atoms with E-state index in [0.717, 1.165) is 30.5 Å². The molecule has 0 bridgehead atoms. The molecule has 1 heterocycles. The minimum absolute atomic E-state index is 0.590. The van der Waals surface area contributed by atoms with Gasteiger partial charge in [-0.25, -0.2) is 4.98 Å². The van der Waals surface area contributed by atoms with Gasteiger partial charge < -0.3 is 15.0 Å². The van der Waals surface area contributed by atoms with E-state index in [0.29, 0.717) is 12.5 Å². The standard InChI is InChI=1S/C13H25N3OS/c1-6-16(8-10(2)3)13-15-11(9-17-5)12(18-13)7-14-4/h10,14H,6-9H2,1-5H3. The lowest BCUT2D eigenvalue weighted by Gasteiger charge is -2.21. The summed E-state index contributed by atoms with van der Waals surface area (Å²) in [5, 5.41) is 4.30. The van der Waals surface area contributed by atoms with E-state index < -0.39 is 0 Å². The molecule has 0 unspecified atom stereocenters. The molecule has 0 aliphatic heterocycles. The lowest BCUT2D eigenvalue weighted by molar-refractivity contribution is 0.181. The molecule has 0 aromatic carbocycles. The fourth-order valence-electron chi connectivity index (χ4n) is 1.84. The number of methoxy groups -OCH3 is 1. The van der Waals surface area contributed by atoms with Gasteiger partial charge in [0.1, 0.15) is 0 Å². The van der Waals surface area contributed by atoms with Crippen LogP contribution in [0.1, 0.15) is 31.3 Å². The van der Waals surface area contributed by atoms with Crippen LogP contribution in [0, 0.1) is 5.92 Å². The second kappa shape index (κ2) is 7.71. The average Bonchev–Trinajstić information content (AvgIpc) is 2.70. The van der Waals surface area contributed by atoms with E-state index in [1.165, 1.54) is 4.88 Å². The van der Waals surface area contributed by atoms with E-state index in [1.54, 1.807) is 18.4 Å². The van der Waals surface area contributed by atoms with Gasteiger partial charge in [-0.15, -0.1) is 11.3 Å². The molecule has 0 radical (unpaired) electrons. The molecule has 18 heavy (non-hydrogen) atoms. The van der Waals surface area contributed by atoms with Crippen LogP contribution in [0.3, 0.4) is 0 Å². The van der Waals surface area contributed by atoms with Crippen LogP contribution in [0.25, 0.3) is 0 Å². The first kappa shape index (κ1) is 15.4. The van der Waals surface area contributed by atoms with Crippen molar-refractivity contribution in [3.63, 3.8) is 0 Å². The Bertz CT molecular complexity index is 329. The van der Waals surface area contributed by atoms with Crippen molar-refractivity contribution in [2.75, 3.05) is 32.1 Å². The Morgan fingerprint density at radius 3 is 2.67 bits per heavy atom. The summed E-state index contributed by atoms with van der Waals surface area (Å²) in [7, 11) is 3.68. The quantitative estimate of drug-likeness (QED) is 0.788. The highest BCUT2D eigenvalue weighted by Gasteiger charge is 2.15. The number of nitrogens with zero attached hydrogens (tertiary/aromatic N) is 2. The van der Waals surface area contributed by atoms with Crippen molar-refractivity contribution in [2.45, 2.75) is 33.9 Å². The third kappa shape index (κ3) is 4.23. The normalized spacial score (nSPS) is 11.2. The number of ether oxygens (including phenoxy) is 1. The van der Waals surface area contributed by atoms with Gasteiger partial charge in [-0.2, -0.15) is 0 Å². The van der Waals surface area contributed by atoms with Crippen LogP contribution in [0.2, 0.25) is 0 Å². The summed E-state index contributed by atoms with van der Waals surface area (Å²) >= 11 is 1.77. The van der Waals surface area contributed by atoms with Crippen LogP contribution < -0.4 is 10.2 Å². The topological polar surface area (TPSA) is 37.4 Å². The molecule has 1 aromatic rings. The van der Waals surface area contributed by atoms with Crippen LogP contribution >= 0.6 is 11.3 Å². The Kier molecular flexibility index (Phi) is 6.60. The van der Waals surface area contributed by atoms with E-state index >= 15 is 0 Å². The Balaban J connectivity index is 2.89. The van der Waals surface area contributed by atoms with Crippen LogP contribution in [0.4, 0.5) is 5.13 Å². The summed E-state index contributed by atoms with van der Waals surface area (Å²) in [5.74, 6) is 0.646. The molecule has 4 nitrogen and oxygen atoms in total. The summed E-state index contributed by atoms with van der Waals surface area (Å²) in [6, 6.07) is 0. The van der Waals surface area contributed by atoms with Crippen molar-refractivity contribution in [2.24, 2.45) is 5.92 Å². The maximum absolute atomic E-state index is 5.22. The molecule has 0 aliphatic rings. The van der Waals surface area contributed by atoms with E-state index in [4.69, 9.17) is 9.72 Å². The van der Waals surface area contributed by atoms with Crippen molar-refractivity contribution < 1.29 is 4.74 Å². The summed E-state index contributed by atoms with van der Waals surface area (Å²) in [5.41, 5.74) is 1.06. The smallest absolute Gasteiger partial charge is 0.185 e. The SMILES string of the molecule is CCN(CC(C)C)c1nc(COC)c(CNC)s1. The minimum Gasteiger partial charge on any atom is -0.378 e. The first-order chi connectivity index (χ1) is 8.62. The molecule has 1 N–H and O–H groups in total. The third-order valence-electron chi connectivity index (χ3n) is 2.62. The zero-order valence-corrected chi connectivity index (χ0v) is 12.9. The van der Waals surface area contributed by atoms with Crippen molar-refractivity contribution in [3.05, 3.63) is 10.6 Å². The Morgan fingerprint density at radius 2 is 2.17 bits per heavy atom. The molecule has 0 atom stereocenters. The summed E-state index contributed by atoms with van der Waals surface area (Å²) in [6.45, 7) is 10.1. The maximum Gasteiger partial charge on any atom is 0.185 e. The molecule has 0 saturated heterocycles. The van der Waals surface area contributed by atoms with Crippen LogP contribution in [0.5, 0.6) is 0 Å². The monoisotopic (exact) mass is 271 g/mol. The van der Waals surface area contributed by atoms with Crippen molar-refractivity contribution >= 4 is 16.5 Å². The second-order valence-corrected chi connectivity index (χ2v) is 5.82. The predicted molar refractivity (Wildman–Crippen MR) is 78.3 cm³/mol.